The highest BCUT2D eigenvalue weighted by atomic mass is 32.2. The lowest BCUT2D eigenvalue weighted by molar-refractivity contribution is 0.305. The first-order valence-electron chi connectivity index (χ1n) is 5.32. The molecule has 0 aromatic heterocycles. The zero-order chi connectivity index (χ0) is 14.6. The van der Waals surface area contributed by atoms with Gasteiger partial charge in [0.2, 0.25) is 10.0 Å². The van der Waals surface area contributed by atoms with Gasteiger partial charge in [-0.05, 0) is 6.07 Å². The fraction of sp³-hybridized carbons (Fsp3) is 0.333. The fourth-order valence-electron chi connectivity index (χ4n) is 1.31. The lowest BCUT2D eigenvalue weighted by Crippen LogP contribution is -2.24. The van der Waals surface area contributed by atoms with E-state index in [4.69, 9.17) is 5.11 Å². The van der Waals surface area contributed by atoms with Crippen LogP contribution in [0.4, 0.5) is 8.78 Å². The third-order valence-corrected chi connectivity index (χ3v) is 4.10. The van der Waals surface area contributed by atoms with Crippen molar-refractivity contribution in [3.05, 3.63) is 29.3 Å². The van der Waals surface area contributed by atoms with Crippen LogP contribution in [0.2, 0.25) is 0 Å². The largest absolute Gasteiger partial charge is 0.395 e. The van der Waals surface area contributed by atoms with E-state index in [0.717, 1.165) is 10.4 Å². The van der Waals surface area contributed by atoms with Crippen LogP contribution in [0.15, 0.2) is 17.0 Å². The smallest absolute Gasteiger partial charge is 0.246 e. The minimum Gasteiger partial charge on any atom is -0.395 e. The predicted molar refractivity (Wildman–Crippen MR) is 65.8 cm³/mol. The van der Waals surface area contributed by atoms with Crippen LogP contribution < -0.4 is 0 Å². The molecule has 0 radical (unpaired) electrons. The van der Waals surface area contributed by atoms with Gasteiger partial charge in [0, 0.05) is 26.6 Å². The van der Waals surface area contributed by atoms with Crippen molar-refractivity contribution in [2.75, 3.05) is 20.7 Å². The lowest BCUT2D eigenvalue weighted by atomic mass is 10.2. The van der Waals surface area contributed by atoms with E-state index < -0.39 is 26.6 Å². The Labute approximate surface area is 110 Å². The van der Waals surface area contributed by atoms with Gasteiger partial charge in [-0.15, -0.1) is 0 Å². The summed E-state index contributed by atoms with van der Waals surface area (Å²) in [5, 5.41) is 8.59. The second-order valence-electron chi connectivity index (χ2n) is 3.83. The van der Waals surface area contributed by atoms with Crippen LogP contribution >= 0.6 is 0 Å². The van der Waals surface area contributed by atoms with Crippen molar-refractivity contribution in [2.45, 2.75) is 11.3 Å². The van der Waals surface area contributed by atoms with E-state index in [0.29, 0.717) is 6.07 Å². The monoisotopic (exact) mass is 289 g/mol. The van der Waals surface area contributed by atoms with E-state index in [1.807, 2.05) is 0 Å². The van der Waals surface area contributed by atoms with Gasteiger partial charge in [0.25, 0.3) is 0 Å². The molecule has 0 saturated carbocycles. The average Bonchev–Trinajstić information content (AvgIpc) is 2.27. The van der Waals surface area contributed by atoms with Gasteiger partial charge in [-0.1, -0.05) is 11.8 Å². The third-order valence-electron chi connectivity index (χ3n) is 2.21. The number of sulfonamides is 1. The standard InChI is InChI=1S/C12H13F2NO3S/c1-15(2)19(17,18)12-9(5-3-4-6-16)7-10(13)8-11(12)14/h7-8,16H,4,6H2,1-2H3. The highest BCUT2D eigenvalue weighted by molar-refractivity contribution is 7.89. The molecule has 0 amide bonds. The number of aliphatic hydroxyl groups is 1. The molecule has 7 heteroatoms. The second-order valence-corrected chi connectivity index (χ2v) is 5.92. The molecular formula is C12H13F2NO3S. The summed E-state index contributed by atoms with van der Waals surface area (Å²) in [6.07, 6.45) is 0.0829. The maximum atomic E-state index is 13.7. The van der Waals surface area contributed by atoms with E-state index in [1.165, 1.54) is 14.1 Å². The zero-order valence-corrected chi connectivity index (χ0v) is 11.3. The third kappa shape index (κ3) is 3.50. The summed E-state index contributed by atoms with van der Waals surface area (Å²) in [7, 11) is -1.59. The Bertz CT molecular complexity index is 630. The fourth-order valence-corrected chi connectivity index (χ4v) is 2.37. The molecule has 0 spiro atoms. The quantitative estimate of drug-likeness (QED) is 0.843. The summed E-state index contributed by atoms with van der Waals surface area (Å²) in [4.78, 5) is -0.663. The average molecular weight is 289 g/mol. The normalized spacial score (nSPS) is 11.3. The molecule has 19 heavy (non-hydrogen) atoms. The van der Waals surface area contributed by atoms with E-state index in [9.17, 15) is 17.2 Å². The van der Waals surface area contributed by atoms with Gasteiger partial charge in [0.15, 0.2) is 0 Å². The number of rotatable bonds is 3. The maximum absolute atomic E-state index is 13.7. The molecule has 104 valence electrons. The molecule has 0 aliphatic heterocycles. The number of halogens is 2. The summed E-state index contributed by atoms with van der Waals surface area (Å²) >= 11 is 0. The molecule has 0 heterocycles. The maximum Gasteiger partial charge on any atom is 0.246 e. The Morgan fingerprint density at radius 3 is 2.47 bits per heavy atom. The molecule has 1 aromatic carbocycles. The van der Waals surface area contributed by atoms with E-state index in [1.54, 1.807) is 0 Å². The van der Waals surface area contributed by atoms with Gasteiger partial charge < -0.3 is 5.11 Å². The minimum atomic E-state index is -4.07. The van der Waals surface area contributed by atoms with Crippen molar-refractivity contribution in [3.63, 3.8) is 0 Å². The van der Waals surface area contributed by atoms with Crippen molar-refractivity contribution in [1.29, 1.82) is 0 Å². The lowest BCUT2D eigenvalue weighted by Gasteiger charge is -2.13. The Balaban J connectivity index is 3.51. The van der Waals surface area contributed by atoms with E-state index >= 15 is 0 Å². The number of aliphatic hydroxyl groups excluding tert-OH is 1. The summed E-state index contributed by atoms with van der Waals surface area (Å²) < 4.78 is 51.6. The van der Waals surface area contributed by atoms with Gasteiger partial charge in [-0.3, -0.25) is 0 Å². The van der Waals surface area contributed by atoms with Crippen molar-refractivity contribution in [3.8, 4) is 11.8 Å². The summed E-state index contributed by atoms with van der Waals surface area (Å²) in [6, 6.07) is 1.34. The van der Waals surface area contributed by atoms with Crippen LogP contribution in [-0.2, 0) is 10.0 Å². The van der Waals surface area contributed by atoms with Crippen LogP contribution in [0.3, 0.4) is 0 Å². The van der Waals surface area contributed by atoms with Gasteiger partial charge >= 0.3 is 0 Å². The van der Waals surface area contributed by atoms with Gasteiger partial charge in [-0.25, -0.2) is 21.5 Å². The summed E-state index contributed by atoms with van der Waals surface area (Å²) in [5.74, 6) is 2.70. The van der Waals surface area contributed by atoms with Crippen LogP contribution in [-0.4, -0.2) is 38.5 Å². The molecule has 4 nitrogen and oxygen atoms in total. The van der Waals surface area contributed by atoms with E-state index in [-0.39, 0.29) is 18.6 Å². The van der Waals surface area contributed by atoms with Crippen LogP contribution in [0.5, 0.6) is 0 Å². The number of benzene rings is 1. The molecule has 1 aromatic rings. The Morgan fingerprint density at radius 1 is 1.32 bits per heavy atom. The summed E-state index contributed by atoms with van der Waals surface area (Å²) in [6.45, 7) is -0.222. The van der Waals surface area contributed by atoms with Crippen molar-refractivity contribution >= 4 is 10.0 Å². The Hall–Kier alpha value is -1.49. The topological polar surface area (TPSA) is 57.6 Å². The minimum absolute atomic E-state index is 0.0829. The number of hydrogen-bond acceptors (Lipinski definition) is 3. The Morgan fingerprint density at radius 2 is 1.95 bits per heavy atom. The van der Waals surface area contributed by atoms with Gasteiger partial charge in [0.05, 0.1) is 12.2 Å². The molecule has 0 aliphatic carbocycles. The first-order valence-corrected chi connectivity index (χ1v) is 6.76. The first-order chi connectivity index (χ1) is 8.80. The van der Waals surface area contributed by atoms with Gasteiger partial charge in [0.1, 0.15) is 16.5 Å². The molecule has 0 unspecified atom stereocenters. The number of hydrogen-bond donors (Lipinski definition) is 1. The van der Waals surface area contributed by atoms with Crippen LogP contribution in [0, 0.1) is 23.5 Å². The highest BCUT2D eigenvalue weighted by Crippen LogP contribution is 2.23. The molecule has 1 rings (SSSR count). The van der Waals surface area contributed by atoms with Crippen LogP contribution in [0.1, 0.15) is 12.0 Å². The second kappa shape index (κ2) is 6.10. The predicted octanol–water partition coefficient (Wildman–Crippen LogP) is 0.949. The first kappa shape index (κ1) is 15.6. The zero-order valence-electron chi connectivity index (χ0n) is 10.4. The molecular weight excluding hydrogens is 276 g/mol. The molecule has 0 saturated heterocycles. The van der Waals surface area contributed by atoms with Crippen LogP contribution in [0.25, 0.3) is 0 Å². The summed E-state index contributed by atoms with van der Waals surface area (Å²) in [5.41, 5.74) is -0.264. The molecule has 0 bridgehead atoms. The molecule has 0 fully saturated rings. The highest BCUT2D eigenvalue weighted by Gasteiger charge is 2.26. The van der Waals surface area contributed by atoms with Crippen molar-refractivity contribution in [1.82, 2.24) is 4.31 Å². The molecule has 0 aliphatic rings. The van der Waals surface area contributed by atoms with Crippen molar-refractivity contribution < 1.29 is 22.3 Å². The number of nitrogens with zero attached hydrogens (tertiary/aromatic N) is 1. The van der Waals surface area contributed by atoms with Crippen molar-refractivity contribution in [2.24, 2.45) is 0 Å². The molecule has 0 atom stereocenters. The van der Waals surface area contributed by atoms with Gasteiger partial charge in [-0.2, -0.15) is 0 Å². The SMILES string of the molecule is CN(C)S(=O)(=O)c1c(F)cc(F)cc1C#CCCO. The molecule has 1 N–H and O–H groups in total. The Kier molecular flexibility index (Phi) is 5.00. The van der Waals surface area contributed by atoms with E-state index in [2.05, 4.69) is 11.8 Å².